The number of cyclic esters (lactones) is 4. The van der Waals surface area contributed by atoms with Crippen LogP contribution in [0.2, 0.25) is 0 Å². The number of hydrogen-bond donors (Lipinski definition) is 16. The van der Waals surface area contributed by atoms with Crippen molar-refractivity contribution in [2.24, 2.45) is 0 Å². The molecular formula is C49H34O29. The van der Waals surface area contributed by atoms with E-state index in [1.165, 1.54) is 6.07 Å². The molecule has 6 aliphatic rings. The van der Waals surface area contributed by atoms with E-state index >= 15 is 9.59 Å². The van der Waals surface area contributed by atoms with Crippen molar-refractivity contribution < 1.29 is 144 Å². The van der Waals surface area contributed by atoms with E-state index in [0.29, 0.717) is 12.1 Å². The number of carbonyl (C=O) groups excluding carboxylic acids is 5. The van der Waals surface area contributed by atoms with Crippen LogP contribution >= 0.6 is 0 Å². The fourth-order valence-corrected chi connectivity index (χ4v) is 10.6. The highest BCUT2D eigenvalue weighted by Gasteiger charge is 2.76. The van der Waals surface area contributed by atoms with Crippen molar-refractivity contribution >= 4 is 41.4 Å². The molecule has 5 aromatic carbocycles. The van der Waals surface area contributed by atoms with Crippen molar-refractivity contribution in [2.75, 3.05) is 6.61 Å². The van der Waals surface area contributed by atoms with E-state index < -0.39 is 233 Å². The van der Waals surface area contributed by atoms with Crippen LogP contribution in [-0.4, -0.2) is 166 Å². The van der Waals surface area contributed by atoms with Crippen LogP contribution in [0.15, 0.2) is 48.0 Å². The SMILES string of the molecule is O=C1O[C@@H]2[C@H]([C@@H]3OC(=O)c4cc(O)c(O)c(O)c4-c4c(cc(O)c(O)c4O)C(=O)OC[C@H]3O)OC(=O)c3cc(O)c(O)c(O)c3C3=C1[C@]1(Oc4cc(O)c5c(c4[C@@H]21)O[C@H](c1ccc(O)c(O)c1)[C@H](O)C5)C(=O)O[C@@]3(O)C(=O)O. The number of aliphatic hydroxyl groups excluding tert-OH is 2. The summed E-state index contributed by atoms with van der Waals surface area (Å²) in [6, 6.07) is 5.01. The number of ether oxygens (including phenoxy) is 7. The van der Waals surface area contributed by atoms with Gasteiger partial charge in [0, 0.05) is 40.3 Å². The summed E-state index contributed by atoms with van der Waals surface area (Å²) in [4.78, 5) is 87.2. The number of aliphatic hydroxyl groups is 3. The molecule has 5 aromatic rings. The zero-order chi connectivity index (χ0) is 56.3. The minimum absolute atomic E-state index is 0.0720. The molecule has 16 N–H and O–H groups in total. The van der Waals surface area contributed by atoms with Gasteiger partial charge in [-0.25, -0.2) is 28.8 Å². The van der Waals surface area contributed by atoms with E-state index in [4.69, 9.17) is 33.2 Å². The van der Waals surface area contributed by atoms with Crippen LogP contribution < -0.4 is 9.47 Å². The van der Waals surface area contributed by atoms with E-state index in [1.807, 2.05) is 0 Å². The number of carbonyl (C=O) groups is 6. The molecule has 0 radical (unpaired) electrons. The minimum atomic E-state index is -4.21. The Morgan fingerprint density at radius 2 is 1.06 bits per heavy atom. The van der Waals surface area contributed by atoms with Gasteiger partial charge in [-0.3, -0.25) is 0 Å². The molecule has 29 nitrogen and oxygen atoms in total. The average molecular weight is 1090 g/mol. The summed E-state index contributed by atoms with van der Waals surface area (Å²) in [5.74, 6) is -35.4. The molecule has 0 aliphatic carbocycles. The van der Waals surface area contributed by atoms with Crippen LogP contribution in [0.5, 0.6) is 80.5 Å². The fraction of sp³-hybridized carbons (Fsp3) is 0.224. The molecular weight excluding hydrogens is 1050 g/mol. The molecule has 6 aliphatic heterocycles. The van der Waals surface area contributed by atoms with Crippen LogP contribution in [0.4, 0.5) is 0 Å². The van der Waals surface area contributed by atoms with Gasteiger partial charge in [-0.15, -0.1) is 0 Å². The summed E-state index contributed by atoms with van der Waals surface area (Å²) in [5.41, 5.74) is -14.8. The Labute approximate surface area is 429 Å². The Kier molecular flexibility index (Phi) is 10.6. The van der Waals surface area contributed by atoms with E-state index in [-0.39, 0.29) is 17.2 Å². The van der Waals surface area contributed by atoms with Gasteiger partial charge < -0.3 is 115 Å². The number of carboxylic acid groups (broad SMARTS) is 1. The molecule has 0 unspecified atom stereocenters. The Morgan fingerprint density at radius 1 is 0.526 bits per heavy atom. The third-order valence-corrected chi connectivity index (χ3v) is 14.1. The number of hydrogen-bond acceptors (Lipinski definition) is 28. The van der Waals surface area contributed by atoms with Gasteiger partial charge in [0.05, 0.1) is 34.3 Å². The number of aromatic hydroxyl groups is 12. The smallest absolute Gasteiger partial charge is 0.382 e. The number of benzene rings is 5. The van der Waals surface area contributed by atoms with Crippen molar-refractivity contribution in [2.45, 2.75) is 60.4 Å². The molecule has 11 rings (SSSR count). The first kappa shape index (κ1) is 49.9. The maximum absolute atomic E-state index is 15.1. The van der Waals surface area contributed by atoms with Crippen LogP contribution in [0.3, 0.4) is 0 Å². The topological polar surface area (TPSA) is 491 Å². The third kappa shape index (κ3) is 6.64. The molecule has 1 saturated heterocycles. The van der Waals surface area contributed by atoms with Crippen molar-refractivity contribution in [1.82, 2.24) is 0 Å². The summed E-state index contributed by atoms with van der Waals surface area (Å²) in [6.45, 7) is -1.46. The molecule has 2 bridgehead atoms. The summed E-state index contributed by atoms with van der Waals surface area (Å²) in [5, 5.41) is 176. The number of fused-ring (bicyclic) bond motifs is 12. The molecule has 0 aromatic heterocycles. The maximum atomic E-state index is 15.1. The van der Waals surface area contributed by atoms with Crippen molar-refractivity contribution in [3.05, 3.63) is 87.0 Å². The lowest BCUT2D eigenvalue weighted by atomic mass is 9.66. The highest BCUT2D eigenvalue weighted by Crippen LogP contribution is 2.65. The molecule has 0 amide bonds. The predicted octanol–water partition coefficient (Wildman–Crippen LogP) is 0.0778. The average Bonchev–Trinajstić information content (AvgIpc) is 2.28. The highest BCUT2D eigenvalue weighted by atomic mass is 16.7. The Balaban J connectivity index is 1.21. The minimum Gasteiger partial charge on any atom is -0.507 e. The normalized spacial score (nSPS) is 26.8. The first-order chi connectivity index (χ1) is 36.7. The fourth-order valence-electron chi connectivity index (χ4n) is 10.6. The van der Waals surface area contributed by atoms with Crippen molar-refractivity contribution in [3.8, 4) is 91.6 Å². The number of rotatable bonds is 3. The van der Waals surface area contributed by atoms with E-state index in [9.17, 15) is 101 Å². The summed E-state index contributed by atoms with van der Waals surface area (Å²) >= 11 is 0. The summed E-state index contributed by atoms with van der Waals surface area (Å²) in [7, 11) is 0. The second-order valence-electron chi connectivity index (χ2n) is 18.4. The molecule has 29 heteroatoms. The Bertz CT molecular complexity index is 3670. The number of aliphatic carboxylic acids is 1. The van der Waals surface area contributed by atoms with Gasteiger partial charge in [0.1, 0.15) is 41.6 Å². The lowest BCUT2D eigenvalue weighted by Gasteiger charge is -2.49. The number of carboxylic acids is 1. The lowest BCUT2D eigenvalue weighted by molar-refractivity contribution is -0.226. The van der Waals surface area contributed by atoms with Crippen LogP contribution in [0.1, 0.15) is 65.3 Å². The zero-order valence-electron chi connectivity index (χ0n) is 38.5. The maximum Gasteiger partial charge on any atom is 0.382 e. The second kappa shape index (κ2) is 16.6. The first-order valence-electron chi connectivity index (χ1n) is 22.4. The van der Waals surface area contributed by atoms with E-state index in [2.05, 4.69) is 0 Å². The van der Waals surface area contributed by atoms with Gasteiger partial charge in [-0.1, -0.05) is 6.07 Å². The largest absolute Gasteiger partial charge is 0.507 e. The van der Waals surface area contributed by atoms with Gasteiger partial charge >= 0.3 is 41.6 Å². The highest BCUT2D eigenvalue weighted by molar-refractivity contribution is 6.18. The van der Waals surface area contributed by atoms with Crippen molar-refractivity contribution in [1.29, 1.82) is 0 Å². The number of phenols is 12. The van der Waals surface area contributed by atoms with Crippen LogP contribution in [0, 0.1) is 0 Å². The Hall–Kier alpha value is -10.3. The molecule has 1 spiro atoms. The number of esters is 5. The van der Waals surface area contributed by atoms with Crippen LogP contribution in [-0.2, 0) is 44.5 Å². The predicted molar refractivity (Wildman–Crippen MR) is 241 cm³/mol. The van der Waals surface area contributed by atoms with E-state index in [1.54, 1.807) is 0 Å². The van der Waals surface area contributed by atoms with E-state index in [0.717, 1.165) is 18.2 Å². The molecule has 9 atom stereocenters. The monoisotopic (exact) mass is 1090 g/mol. The zero-order valence-corrected chi connectivity index (χ0v) is 38.5. The molecule has 0 saturated carbocycles. The summed E-state index contributed by atoms with van der Waals surface area (Å²) < 4.78 is 40.7. The molecule has 78 heavy (non-hydrogen) atoms. The Morgan fingerprint density at radius 3 is 1.64 bits per heavy atom. The first-order valence-corrected chi connectivity index (χ1v) is 22.4. The molecule has 404 valence electrons. The molecule has 6 heterocycles. The molecule has 1 fully saturated rings. The summed E-state index contributed by atoms with van der Waals surface area (Å²) in [6.07, 6.45) is -14.8. The van der Waals surface area contributed by atoms with Gasteiger partial charge in [-0.05, 0) is 35.9 Å². The quantitative estimate of drug-likeness (QED) is 0.0646. The third-order valence-electron chi connectivity index (χ3n) is 14.1. The van der Waals surface area contributed by atoms with Gasteiger partial charge in [0.2, 0.25) is 22.8 Å². The van der Waals surface area contributed by atoms with Gasteiger partial charge in [-0.2, -0.15) is 0 Å². The van der Waals surface area contributed by atoms with Crippen LogP contribution in [0.25, 0.3) is 16.7 Å². The van der Waals surface area contributed by atoms with Gasteiger partial charge in [0.25, 0.3) is 0 Å². The lowest BCUT2D eigenvalue weighted by Crippen LogP contribution is -2.68. The standard InChI is InChI=1S/C49H34O29/c50-15-2-1-10(3-17(15)52)37-21(56)4-11-16(51)8-23-27(38(11)73-37)29-40-41(39-22(57)9-72-42(64)12-5-18(53)31(58)34(61)24(12)25-13(43(65)74-39)6-19(54)32(59)35(25)62)76-44(66)14-7-20(55)33(60)36(63)26(14)28-30(45(67)75-40)48(29,77-23)47(70)78-49(28,71)46(68)69/h1-3,5-8,21-22,29,37,39-41,50-63,71H,4,9H2,(H,68,69)/t21-,22-,29+,37-,39-,40+,41+,48+,49-/m1/s1. The number of phenolic OH excluding ortho intramolecular Hbond substituents is 12. The second-order valence-corrected chi connectivity index (χ2v) is 18.4. The van der Waals surface area contributed by atoms with Gasteiger partial charge in [0.15, 0.2) is 64.3 Å². The van der Waals surface area contributed by atoms with Crippen molar-refractivity contribution in [3.63, 3.8) is 0 Å².